The Kier molecular flexibility index (Phi) is 7.18. The minimum Gasteiger partial charge on any atom is -0.325 e. The first-order valence-electron chi connectivity index (χ1n) is 8.45. The molecule has 0 fully saturated rings. The first-order valence-corrected chi connectivity index (χ1v) is 11.0. The Morgan fingerprint density at radius 2 is 1.89 bits per heavy atom. The first kappa shape index (κ1) is 20.5. The van der Waals surface area contributed by atoms with Crippen molar-refractivity contribution in [2.45, 2.75) is 17.7 Å². The van der Waals surface area contributed by atoms with Crippen molar-refractivity contribution in [3.8, 4) is 0 Å². The van der Waals surface area contributed by atoms with Crippen molar-refractivity contribution in [2.75, 3.05) is 16.4 Å². The molecule has 3 aromatic rings. The number of nitrogens with zero attached hydrogens (tertiary/aromatic N) is 2. The van der Waals surface area contributed by atoms with Crippen molar-refractivity contribution >= 4 is 61.7 Å². The van der Waals surface area contributed by atoms with Gasteiger partial charge in [-0.25, -0.2) is 0 Å². The predicted octanol–water partition coefficient (Wildman–Crippen LogP) is 4.85. The van der Waals surface area contributed by atoms with E-state index < -0.39 is 0 Å². The third-order valence-electron chi connectivity index (χ3n) is 3.69. The van der Waals surface area contributed by atoms with E-state index in [-0.39, 0.29) is 17.6 Å². The number of rotatable bonds is 7. The summed E-state index contributed by atoms with van der Waals surface area (Å²) in [5.41, 5.74) is 2.51. The fourth-order valence-electron chi connectivity index (χ4n) is 2.27. The highest BCUT2D eigenvalue weighted by molar-refractivity contribution is 9.10. The van der Waals surface area contributed by atoms with Gasteiger partial charge in [0.15, 0.2) is 4.34 Å². The zero-order valence-corrected chi connectivity index (χ0v) is 18.2. The molecule has 28 heavy (non-hydrogen) atoms. The predicted molar refractivity (Wildman–Crippen MR) is 117 cm³/mol. The van der Waals surface area contributed by atoms with Crippen LogP contribution in [0.25, 0.3) is 0 Å². The van der Waals surface area contributed by atoms with Crippen LogP contribution in [0.15, 0.2) is 57.3 Å². The lowest BCUT2D eigenvalue weighted by atomic mass is 10.1. The summed E-state index contributed by atoms with van der Waals surface area (Å²) < 4.78 is 1.44. The zero-order valence-electron chi connectivity index (χ0n) is 14.9. The Hall–Kier alpha value is -2.23. The van der Waals surface area contributed by atoms with Gasteiger partial charge in [-0.1, -0.05) is 64.2 Å². The molecule has 0 aliphatic carbocycles. The number of anilines is 2. The number of thioether (sulfide) groups is 1. The molecule has 2 amide bonds. The lowest BCUT2D eigenvalue weighted by Gasteiger charge is -2.05. The SMILES string of the molecule is CCc1ccc(NC(=O)CSc2nnc(NC(=O)c3cccc(Br)c3)s2)cc1. The molecule has 0 atom stereocenters. The second-order valence-electron chi connectivity index (χ2n) is 5.72. The Morgan fingerprint density at radius 1 is 1.11 bits per heavy atom. The van der Waals surface area contributed by atoms with Gasteiger partial charge in [-0.2, -0.15) is 0 Å². The van der Waals surface area contributed by atoms with Crippen LogP contribution in [0.5, 0.6) is 0 Å². The van der Waals surface area contributed by atoms with Gasteiger partial charge in [-0.15, -0.1) is 10.2 Å². The molecule has 1 heterocycles. The van der Waals surface area contributed by atoms with Gasteiger partial charge in [-0.05, 0) is 42.3 Å². The quantitative estimate of drug-likeness (QED) is 0.376. The van der Waals surface area contributed by atoms with Crippen LogP contribution in [0.2, 0.25) is 0 Å². The number of aryl methyl sites for hydroxylation is 1. The minimum atomic E-state index is -0.262. The van der Waals surface area contributed by atoms with E-state index in [0.29, 0.717) is 15.0 Å². The van der Waals surface area contributed by atoms with Crippen molar-refractivity contribution < 1.29 is 9.59 Å². The van der Waals surface area contributed by atoms with Crippen molar-refractivity contribution in [3.63, 3.8) is 0 Å². The maximum Gasteiger partial charge on any atom is 0.257 e. The number of benzene rings is 2. The van der Waals surface area contributed by atoms with E-state index in [1.165, 1.54) is 28.7 Å². The maximum absolute atomic E-state index is 12.2. The number of carbonyl (C=O) groups excluding carboxylic acids is 2. The summed E-state index contributed by atoms with van der Waals surface area (Å²) >= 11 is 5.84. The molecule has 6 nitrogen and oxygen atoms in total. The number of halogens is 1. The molecule has 2 N–H and O–H groups in total. The van der Waals surface area contributed by atoms with E-state index in [1.54, 1.807) is 18.2 Å². The summed E-state index contributed by atoms with van der Waals surface area (Å²) in [5.74, 6) is -0.171. The number of amides is 2. The zero-order chi connectivity index (χ0) is 19.9. The molecule has 0 bridgehead atoms. The molecular weight excluding hydrogens is 460 g/mol. The summed E-state index contributed by atoms with van der Waals surface area (Å²) in [5, 5.41) is 13.9. The van der Waals surface area contributed by atoms with E-state index in [9.17, 15) is 9.59 Å². The van der Waals surface area contributed by atoms with Gasteiger partial charge in [0.2, 0.25) is 11.0 Å². The average Bonchev–Trinajstić information content (AvgIpc) is 3.14. The summed E-state index contributed by atoms with van der Waals surface area (Å²) in [6.45, 7) is 2.09. The summed E-state index contributed by atoms with van der Waals surface area (Å²) in [6.07, 6.45) is 0.960. The molecule has 3 rings (SSSR count). The van der Waals surface area contributed by atoms with Gasteiger partial charge in [-0.3, -0.25) is 14.9 Å². The van der Waals surface area contributed by atoms with Gasteiger partial charge in [0.1, 0.15) is 0 Å². The Bertz CT molecular complexity index is 976. The van der Waals surface area contributed by atoms with Crippen molar-refractivity contribution in [1.29, 1.82) is 0 Å². The van der Waals surface area contributed by atoms with Crippen LogP contribution >= 0.6 is 39.0 Å². The van der Waals surface area contributed by atoms with Crippen molar-refractivity contribution in [1.82, 2.24) is 10.2 Å². The van der Waals surface area contributed by atoms with E-state index in [4.69, 9.17) is 0 Å². The third-order valence-corrected chi connectivity index (χ3v) is 6.15. The van der Waals surface area contributed by atoms with Crippen LogP contribution in [0, 0.1) is 0 Å². The maximum atomic E-state index is 12.2. The second-order valence-corrected chi connectivity index (χ2v) is 8.84. The molecule has 0 spiro atoms. The monoisotopic (exact) mass is 476 g/mol. The van der Waals surface area contributed by atoms with Crippen molar-refractivity contribution in [3.05, 3.63) is 64.1 Å². The number of nitrogens with one attached hydrogen (secondary N) is 2. The molecular formula is C19H17BrN4O2S2. The normalized spacial score (nSPS) is 10.5. The lowest BCUT2D eigenvalue weighted by molar-refractivity contribution is -0.113. The molecule has 144 valence electrons. The molecule has 2 aromatic carbocycles. The highest BCUT2D eigenvalue weighted by Crippen LogP contribution is 2.26. The first-order chi connectivity index (χ1) is 13.5. The Labute approximate surface area is 179 Å². The molecule has 0 unspecified atom stereocenters. The number of aromatic nitrogens is 2. The summed E-state index contributed by atoms with van der Waals surface area (Å²) in [4.78, 5) is 24.3. The molecule has 0 radical (unpaired) electrons. The minimum absolute atomic E-state index is 0.121. The van der Waals surface area contributed by atoms with Crippen LogP contribution in [0.4, 0.5) is 10.8 Å². The van der Waals surface area contributed by atoms with Crippen LogP contribution in [0.3, 0.4) is 0 Å². The van der Waals surface area contributed by atoms with Gasteiger partial charge in [0.25, 0.3) is 5.91 Å². The van der Waals surface area contributed by atoms with Crippen LogP contribution in [-0.2, 0) is 11.2 Å². The molecule has 0 aliphatic heterocycles. The van der Waals surface area contributed by atoms with Gasteiger partial charge >= 0.3 is 0 Å². The highest BCUT2D eigenvalue weighted by Gasteiger charge is 2.12. The molecule has 1 aromatic heterocycles. The second kappa shape index (κ2) is 9.81. The Balaban J connectivity index is 1.50. The van der Waals surface area contributed by atoms with E-state index >= 15 is 0 Å². The number of hydrogen-bond donors (Lipinski definition) is 2. The summed E-state index contributed by atoms with van der Waals surface area (Å²) in [6, 6.07) is 14.8. The molecule has 9 heteroatoms. The molecule has 0 saturated carbocycles. The van der Waals surface area contributed by atoms with Gasteiger partial charge in [0, 0.05) is 15.7 Å². The fourth-order valence-corrected chi connectivity index (χ4v) is 4.21. The average molecular weight is 477 g/mol. The van der Waals surface area contributed by atoms with Crippen molar-refractivity contribution in [2.24, 2.45) is 0 Å². The fraction of sp³-hybridized carbons (Fsp3) is 0.158. The van der Waals surface area contributed by atoms with Gasteiger partial charge in [0.05, 0.1) is 5.75 Å². The van der Waals surface area contributed by atoms with E-state index in [1.807, 2.05) is 30.3 Å². The largest absolute Gasteiger partial charge is 0.325 e. The third kappa shape index (κ3) is 5.88. The number of carbonyl (C=O) groups is 2. The van der Waals surface area contributed by atoms with E-state index in [2.05, 4.69) is 43.7 Å². The molecule has 0 aliphatic rings. The van der Waals surface area contributed by atoms with Crippen LogP contribution in [-0.4, -0.2) is 27.8 Å². The standard InChI is InChI=1S/C19H17BrN4O2S2/c1-2-12-6-8-15(9-7-12)21-16(25)11-27-19-24-23-18(28-19)22-17(26)13-4-3-5-14(20)10-13/h3-10H,2,11H2,1H3,(H,21,25)(H,22,23,26). The van der Waals surface area contributed by atoms with Crippen LogP contribution in [0.1, 0.15) is 22.8 Å². The lowest BCUT2D eigenvalue weighted by Crippen LogP contribution is -2.13. The van der Waals surface area contributed by atoms with Gasteiger partial charge < -0.3 is 5.32 Å². The Morgan fingerprint density at radius 3 is 2.61 bits per heavy atom. The summed E-state index contributed by atoms with van der Waals surface area (Å²) in [7, 11) is 0. The van der Waals surface area contributed by atoms with Crippen LogP contribution < -0.4 is 10.6 Å². The highest BCUT2D eigenvalue weighted by atomic mass is 79.9. The number of hydrogen-bond acceptors (Lipinski definition) is 6. The topological polar surface area (TPSA) is 84.0 Å². The molecule has 0 saturated heterocycles. The van der Waals surface area contributed by atoms with E-state index in [0.717, 1.165) is 16.6 Å². The smallest absolute Gasteiger partial charge is 0.257 e.